The SMILES string of the molecule is CC(=O)N1CCN(C(=O)CCNc2ccc(C#N)cc2)CC1. The quantitative estimate of drug-likeness (QED) is 0.902. The van der Waals surface area contributed by atoms with Crippen LogP contribution in [0.25, 0.3) is 0 Å². The molecule has 1 aliphatic rings. The van der Waals surface area contributed by atoms with Crippen LogP contribution < -0.4 is 5.32 Å². The number of carbonyl (C=O) groups is 2. The molecule has 2 rings (SSSR count). The van der Waals surface area contributed by atoms with E-state index in [4.69, 9.17) is 5.26 Å². The highest BCUT2D eigenvalue weighted by Crippen LogP contribution is 2.09. The zero-order valence-electron chi connectivity index (χ0n) is 12.7. The van der Waals surface area contributed by atoms with Crippen LogP contribution in [0.15, 0.2) is 24.3 Å². The van der Waals surface area contributed by atoms with Gasteiger partial charge in [-0.3, -0.25) is 9.59 Å². The third kappa shape index (κ3) is 4.22. The molecule has 1 saturated heterocycles. The monoisotopic (exact) mass is 300 g/mol. The van der Waals surface area contributed by atoms with Crippen LogP contribution in [0, 0.1) is 11.3 Å². The highest BCUT2D eigenvalue weighted by molar-refractivity contribution is 5.78. The number of benzene rings is 1. The van der Waals surface area contributed by atoms with Crippen molar-refractivity contribution in [3.8, 4) is 6.07 Å². The van der Waals surface area contributed by atoms with Gasteiger partial charge in [0.2, 0.25) is 11.8 Å². The highest BCUT2D eigenvalue weighted by Gasteiger charge is 2.21. The summed E-state index contributed by atoms with van der Waals surface area (Å²) in [6.45, 7) is 4.55. The molecule has 0 radical (unpaired) electrons. The number of carbonyl (C=O) groups excluding carboxylic acids is 2. The van der Waals surface area contributed by atoms with Crippen molar-refractivity contribution in [3.63, 3.8) is 0 Å². The Kier molecular flexibility index (Phi) is 5.37. The summed E-state index contributed by atoms with van der Waals surface area (Å²) in [5.74, 6) is 0.166. The molecule has 1 aromatic rings. The van der Waals surface area contributed by atoms with E-state index in [1.54, 1.807) is 28.9 Å². The summed E-state index contributed by atoms with van der Waals surface area (Å²) in [5, 5.41) is 11.9. The molecule has 1 heterocycles. The average molecular weight is 300 g/mol. The van der Waals surface area contributed by atoms with Crippen LogP contribution in [0.4, 0.5) is 5.69 Å². The van der Waals surface area contributed by atoms with Gasteiger partial charge in [0.15, 0.2) is 0 Å². The van der Waals surface area contributed by atoms with E-state index in [1.165, 1.54) is 0 Å². The fourth-order valence-electron chi connectivity index (χ4n) is 2.41. The maximum absolute atomic E-state index is 12.1. The Balaban J connectivity index is 1.72. The highest BCUT2D eigenvalue weighted by atomic mass is 16.2. The standard InChI is InChI=1S/C16H20N4O2/c1-13(21)19-8-10-20(11-9-19)16(22)6-7-18-15-4-2-14(12-17)3-5-15/h2-5,18H,6-11H2,1H3. The molecule has 116 valence electrons. The van der Waals surface area contributed by atoms with Crippen molar-refractivity contribution >= 4 is 17.5 Å². The third-order valence-corrected chi connectivity index (χ3v) is 3.76. The number of nitrogens with zero attached hydrogens (tertiary/aromatic N) is 3. The summed E-state index contributed by atoms with van der Waals surface area (Å²) in [6, 6.07) is 9.20. The number of piperazine rings is 1. The fraction of sp³-hybridized carbons (Fsp3) is 0.438. The van der Waals surface area contributed by atoms with Gasteiger partial charge in [0.25, 0.3) is 0 Å². The number of rotatable bonds is 4. The average Bonchev–Trinajstić information content (AvgIpc) is 2.55. The molecule has 0 bridgehead atoms. The van der Waals surface area contributed by atoms with Crippen molar-refractivity contribution in [2.24, 2.45) is 0 Å². The maximum Gasteiger partial charge on any atom is 0.224 e. The first-order chi connectivity index (χ1) is 10.6. The first kappa shape index (κ1) is 15.8. The maximum atomic E-state index is 12.1. The van der Waals surface area contributed by atoms with Gasteiger partial charge in [-0.15, -0.1) is 0 Å². The summed E-state index contributed by atoms with van der Waals surface area (Å²) in [4.78, 5) is 26.9. The fourth-order valence-corrected chi connectivity index (χ4v) is 2.41. The number of anilines is 1. The topological polar surface area (TPSA) is 76.4 Å². The summed E-state index contributed by atoms with van der Waals surface area (Å²) >= 11 is 0. The second-order valence-corrected chi connectivity index (χ2v) is 5.25. The lowest BCUT2D eigenvalue weighted by Crippen LogP contribution is -2.50. The predicted octanol–water partition coefficient (Wildman–Crippen LogP) is 1.05. The van der Waals surface area contributed by atoms with E-state index in [-0.39, 0.29) is 11.8 Å². The van der Waals surface area contributed by atoms with Crippen molar-refractivity contribution in [3.05, 3.63) is 29.8 Å². The van der Waals surface area contributed by atoms with Gasteiger partial charge in [0, 0.05) is 51.8 Å². The van der Waals surface area contributed by atoms with Crippen LogP contribution in [-0.2, 0) is 9.59 Å². The molecule has 2 amide bonds. The Labute approximate surface area is 130 Å². The molecule has 1 fully saturated rings. The van der Waals surface area contributed by atoms with Crippen LogP contribution in [0.5, 0.6) is 0 Å². The number of hydrogen-bond acceptors (Lipinski definition) is 4. The van der Waals surface area contributed by atoms with E-state index >= 15 is 0 Å². The Hall–Kier alpha value is -2.55. The first-order valence-corrected chi connectivity index (χ1v) is 7.37. The molecule has 0 unspecified atom stereocenters. The van der Waals surface area contributed by atoms with Crippen LogP contribution in [0.3, 0.4) is 0 Å². The molecular formula is C16H20N4O2. The smallest absolute Gasteiger partial charge is 0.224 e. The molecule has 6 heteroatoms. The molecule has 0 atom stereocenters. The van der Waals surface area contributed by atoms with Gasteiger partial charge < -0.3 is 15.1 Å². The Morgan fingerprint density at radius 3 is 2.27 bits per heavy atom. The van der Waals surface area contributed by atoms with E-state index in [1.807, 2.05) is 12.1 Å². The number of amides is 2. The molecule has 22 heavy (non-hydrogen) atoms. The largest absolute Gasteiger partial charge is 0.385 e. The first-order valence-electron chi connectivity index (χ1n) is 7.37. The van der Waals surface area contributed by atoms with Crippen molar-refractivity contribution in [1.82, 2.24) is 9.80 Å². The van der Waals surface area contributed by atoms with Crippen molar-refractivity contribution in [2.75, 3.05) is 38.0 Å². The minimum atomic E-state index is 0.0644. The third-order valence-electron chi connectivity index (χ3n) is 3.76. The van der Waals surface area contributed by atoms with E-state index < -0.39 is 0 Å². The Morgan fingerprint density at radius 1 is 1.14 bits per heavy atom. The van der Waals surface area contributed by atoms with Gasteiger partial charge in [-0.2, -0.15) is 5.26 Å². The Bertz CT molecular complexity index is 569. The van der Waals surface area contributed by atoms with Crippen molar-refractivity contribution in [2.45, 2.75) is 13.3 Å². The minimum Gasteiger partial charge on any atom is -0.385 e. The van der Waals surface area contributed by atoms with E-state index in [0.29, 0.717) is 44.7 Å². The molecular weight excluding hydrogens is 280 g/mol. The van der Waals surface area contributed by atoms with Gasteiger partial charge in [-0.05, 0) is 24.3 Å². The van der Waals surface area contributed by atoms with Crippen LogP contribution in [-0.4, -0.2) is 54.3 Å². The minimum absolute atomic E-state index is 0.0644. The van der Waals surface area contributed by atoms with Crippen LogP contribution in [0.1, 0.15) is 18.9 Å². The second kappa shape index (κ2) is 7.46. The molecule has 1 N–H and O–H groups in total. The lowest BCUT2D eigenvalue weighted by molar-refractivity contribution is -0.138. The molecule has 1 aliphatic heterocycles. The van der Waals surface area contributed by atoms with Crippen LogP contribution in [0.2, 0.25) is 0 Å². The van der Waals surface area contributed by atoms with Gasteiger partial charge in [-0.1, -0.05) is 0 Å². The number of nitriles is 1. The molecule has 0 aliphatic carbocycles. The lowest BCUT2D eigenvalue weighted by Gasteiger charge is -2.34. The summed E-state index contributed by atoms with van der Waals surface area (Å²) in [5.41, 5.74) is 1.51. The van der Waals surface area contributed by atoms with Gasteiger partial charge >= 0.3 is 0 Å². The Morgan fingerprint density at radius 2 is 1.73 bits per heavy atom. The molecule has 1 aromatic carbocycles. The summed E-state index contributed by atoms with van der Waals surface area (Å²) in [6.07, 6.45) is 0.417. The van der Waals surface area contributed by atoms with E-state index in [9.17, 15) is 9.59 Å². The number of hydrogen-bond donors (Lipinski definition) is 1. The molecule has 0 saturated carbocycles. The van der Waals surface area contributed by atoms with E-state index in [0.717, 1.165) is 5.69 Å². The van der Waals surface area contributed by atoms with Crippen molar-refractivity contribution < 1.29 is 9.59 Å². The number of nitrogens with one attached hydrogen (secondary N) is 1. The van der Waals surface area contributed by atoms with Gasteiger partial charge in [0.05, 0.1) is 11.6 Å². The van der Waals surface area contributed by atoms with E-state index in [2.05, 4.69) is 11.4 Å². The normalized spacial score (nSPS) is 14.4. The van der Waals surface area contributed by atoms with Gasteiger partial charge in [-0.25, -0.2) is 0 Å². The molecule has 0 spiro atoms. The zero-order chi connectivity index (χ0) is 15.9. The molecule has 0 aromatic heterocycles. The zero-order valence-corrected chi connectivity index (χ0v) is 12.7. The van der Waals surface area contributed by atoms with Crippen molar-refractivity contribution in [1.29, 1.82) is 5.26 Å². The van der Waals surface area contributed by atoms with Crippen LogP contribution >= 0.6 is 0 Å². The second-order valence-electron chi connectivity index (χ2n) is 5.25. The summed E-state index contributed by atoms with van der Waals surface area (Å²) < 4.78 is 0. The summed E-state index contributed by atoms with van der Waals surface area (Å²) in [7, 11) is 0. The lowest BCUT2D eigenvalue weighted by atomic mass is 10.2. The predicted molar refractivity (Wildman–Crippen MR) is 83.1 cm³/mol. The van der Waals surface area contributed by atoms with Gasteiger partial charge in [0.1, 0.15) is 0 Å². The molecule has 6 nitrogen and oxygen atoms in total.